The zero-order valence-corrected chi connectivity index (χ0v) is 23.5. The zero-order chi connectivity index (χ0) is 25.2. The summed E-state index contributed by atoms with van der Waals surface area (Å²) < 4.78 is 35.9. The van der Waals surface area contributed by atoms with Crippen molar-refractivity contribution < 1.29 is 13.2 Å². The van der Waals surface area contributed by atoms with Crippen LogP contribution in [0.5, 0.6) is 5.75 Å². The van der Waals surface area contributed by atoms with E-state index in [2.05, 4.69) is 30.5 Å². The number of nitrogens with one attached hydrogen (secondary N) is 1. The lowest BCUT2D eigenvalue weighted by Crippen LogP contribution is -2.31. The maximum absolute atomic E-state index is 13.4. The van der Waals surface area contributed by atoms with Crippen LogP contribution in [0.25, 0.3) is 0 Å². The molecule has 10 heteroatoms. The Bertz CT molecular complexity index is 1320. The molecule has 7 nitrogen and oxygen atoms in total. The summed E-state index contributed by atoms with van der Waals surface area (Å²) in [5, 5.41) is 0.706. The average molecular weight is 578 g/mol. The normalized spacial score (nSPS) is 14.1. The number of halogens is 1. The second-order valence-corrected chi connectivity index (χ2v) is 12.2. The van der Waals surface area contributed by atoms with E-state index in [9.17, 15) is 8.42 Å². The molecule has 0 atom stereocenters. The minimum atomic E-state index is -3.82. The van der Waals surface area contributed by atoms with E-state index in [1.54, 1.807) is 25.4 Å². The SMILES string of the molecule is COc1ccc(NS(=O)(=O)c2c(C)cc(C)cc2C)c(Sc2nc(N3CCCCC3)ncc2Br)c1. The van der Waals surface area contributed by atoms with E-state index in [0.717, 1.165) is 36.0 Å². The molecule has 35 heavy (non-hydrogen) atoms. The Kier molecular flexibility index (Phi) is 7.92. The van der Waals surface area contributed by atoms with Crippen LogP contribution in [0.3, 0.4) is 0 Å². The van der Waals surface area contributed by atoms with Crippen molar-refractivity contribution in [2.45, 2.75) is 54.9 Å². The number of nitrogens with zero attached hydrogens (tertiary/aromatic N) is 3. The minimum absolute atomic E-state index is 0.297. The Hall–Kier alpha value is -2.30. The van der Waals surface area contributed by atoms with Crippen molar-refractivity contribution in [3.8, 4) is 5.75 Å². The highest BCUT2D eigenvalue weighted by Crippen LogP contribution is 2.40. The Morgan fingerprint density at radius 1 is 1.06 bits per heavy atom. The molecule has 0 amide bonds. The van der Waals surface area contributed by atoms with Crippen molar-refractivity contribution in [1.82, 2.24) is 9.97 Å². The summed E-state index contributed by atoms with van der Waals surface area (Å²) in [6, 6.07) is 9.03. The van der Waals surface area contributed by atoms with Crippen molar-refractivity contribution in [3.63, 3.8) is 0 Å². The number of piperidine rings is 1. The topological polar surface area (TPSA) is 84.4 Å². The fourth-order valence-electron chi connectivity index (χ4n) is 4.35. The lowest BCUT2D eigenvalue weighted by atomic mass is 10.1. The van der Waals surface area contributed by atoms with Crippen molar-refractivity contribution in [3.05, 3.63) is 57.7 Å². The second-order valence-electron chi connectivity index (χ2n) is 8.67. The van der Waals surface area contributed by atoms with Crippen LogP contribution < -0.4 is 14.4 Å². The lowest BCUT2D eigenvalue weighted by Gasteiger charge is -2.26. The lowest BCUT2D eigenvalue weighted by molar-refractivity contribution is 0.414. The quantitative estimate of drug-likeness (QED) is 0.339. The van der Waals surface area contributed by atoms with Crippen molar-refractivity contribution in [1.29, 1.82) is 0 Å². The molecule has 0 bridgehead atoms. The van der Waals surface area contributed by atoms with Crippen molar-refractivity contribution in [2.75, 3.05) is 29.8 Å². The highest BCUT2D eigenvalue weighted by atomic mass is 79.9. The number of benzene rings is 2. The summed E-state index contributed by atoms with van der Waals surface area (Å²) in [6.07, 6.45) is 5.23. The van der Waals surface area contributed by atoms with E-state index in [0.29, 0.717) is 43.3 Å². The second kappa shape index (κ2) is 10.8. The number of hydrogen-bond acceptors (Lipinski definition) is 7. The number of anilines is 2. The first-order valence-corrected chi connectivity index (χ1v) is 14.5. The van der Waals surface area contributed by atoms with Crippen molar-refractivity contribution in [2.24, 2.45) is 0 Å². The molecule has 186 valence electrons. The van der Waals surface area contributed by atoms with Crippen LogP contribution in [0.4, 0.5) is 11.6 Å². The number of rotatable bonds is 7. The van der Waals surface area contributed by atoms with E-state index in [-0.39, 0.29) is 0 Å². The number of methoxy groups -OCH3 is 1. The number of sulfonamides is 1. The van der Waals surface area contributed by atoms with Gasteiger partial charge in [0.1, 0.15) is 10.8 Å². The highest BCUT2D eigenvalue weighted by molar-refractivity contribution is 9.10. The number of ether oxygens (including phenoxy) is 1. The first kappa shape index (κ1) is 25.8. The summed E-state index contributed by atoms with van der Waals surface area (Å²) in [5.41, 5.74) is 2.91. The minimum Gasteiger partial charge on any atom is -0.497 e. The molecule has 0 aliphatic carbocycles. The van der Waals surface area contributed by atoms with Gasteiger partial charge in [0.15, 0.2) is 0 Å². The average Bonchev–Trinajstić information content (AvgIpc) is 2.81. The molecule has 1 aromatic heterocycles. The van der Waals surface area contributed by atoms with Gasteiger partial charge in [0.05, 0.1) is 22.2 Å². The molecule has 0 radical (unpaired) electrons. The van der Waals surface area contributed by atoms with E-state index in [1.165, 1.54) is 18.2 Å². The first-order valence-electron chi connectivity index (χ1n) is 11.4. The summed E-state index contributed by atoms with van der Waals surface area (Å²) in [6.45, 7) is 7.47. The van der Waals surface area contributed by atoms with Crippen LogP contribution >= 0.6 is 27.7 Å². The summed E-state index contributed by atoms with van der Waals surface area (Å²) in [5.74, 6) is 1.31. The van der Waals surface area contributed by atoms with Gasteiger partial charge in [-0.2, -0.15) is 0 Å². The first-order chi connectivity index (χ1) is 16.7. The molecule has 2 heterocycles. The molecular formula is C25H29BrN4O3S2. The van der Waals surface area contributed by atoms with E-state index < -0.39 is 10.0 Å². The van der Waals surface area contributed by atoms with Gasteiger partial charge < -0.3 is 9.64 Å². The van der Waals surface area contributed by atoms with Crippen LogP contribution in [-0.2, 0) is 10.0 Å². The molecule has 1 N–H and O–H groups in total. The van der Waals surface area contributed by atoms with Crippen LogP contribution in [-0.4, -0.2) is 38.6 Å². The molecule has 3 aromatic rings. The Morgan fingerprint density at radius 3 is 2.40 bits per heavy atom. The van der Waals surface area contributed by atoms with E-state index >= 15 is 0 Å². The van der Waals surface area contributed by atoms with Gasteiger partial charge in [-0.25, -0.2) is 18.4 Å². The molecule has 2 aromatic carbocycles. The maximum atomic E-state index is 13.4. The molecule has 1 saturated heterocycles. The van der Waals surface area contributed by atoms with Gasteiger partial charge in [0.25, 0.3) is 10.0 Å². The Labute approximate surface area is 219 Å². The zero-order valence-electron chi connectivity index (χ0n) is 20.3. The van der Waals surface area contributed by atoms with E-state index in [4.69, 9.17) is 9.72 Å². The third-order valence-electron chi connectivity index (χ3n) is 5.85. The Morgan fingerprint density at radius 2 is 1.74 bits per heavy atom. The van der Waals surface area contributed by atoms with Crippen LogP contribution in [0.2, 0.25) is 0 Å². The molecule has 1 aliphatic heterocycles. The van der Waals surface area contributed by atoms with Crippen LogP contribution in [0.1, 0.15) is 36.0 Å². The number of aromatic nitrogens is 2. The monoisotopic (exact) mass is 576 g/mol. The van der Waals surface area contributed by atoms with Gasteiger partial charge in [-0.05, 0) is 85.3 Å². The number of hydrogen-bond donors (Lipinski definition) is 1. The summed E-state index contributed by atoms with van der Waals surface area (Å²) in [7, 11) is -2.23. The van der Waals surface area contributed by atoms with Gasteiger partial charge in [-0.3, -0.25) is 4.72 Å². The van der Waals surface area contributed by atoms with Gasteiger partial charge >= 0.3 is 0 Å². The molecular weight excluding hydrogens is 548 g/mol. The maximum Gasteiger partial charge on any atom is 0.262 e. The largest absolute Gasteiger partial charge is 0.497 e. The predicted molar refractivity (Wildman–Crippen MR) is 144 cm³/mol. The third-order valence-corrected chi connectivity index (χ3v) is 9.43. The molecule has 4 rings (SSSR count). The van der Waals surface area contributed by atoms with Crippen molar-refractivity contribution >= 4 is 49.4 Å². The van der Waals surface area contributed by atoms with Gasteiger partial charge in [-0.1, -0.05) is 29.5 Å². The summed E-state index contributed by atoms with van der Waals surface area (Å²) in [4.78, 5) is 12.5. The fraction of sp³-hybridized carbons (Fsp3) is 0.360. The van der Waals surface area contributed by atoms with Crippen LogP contribution in [0.15, 0.2) is 55.8 Å². The molecule has 1 fully saturated rings. The summed E-state index contributed by atoms with van der Waals surface area (Å²) >= 11 is 4.93. The molecule has 0 unspecified atom stereocenters. The fourth-order valence-corrected chi connectivity index (χ4v) is 7.27. The molecule has 1 aliphatic rings. The smallest absolute Gasteiger partial charge is 0.262 e. The molecule has 0 spiro atoms. The van der Waals surface area contributed by atoms with Gasteiger partial charge in [-0.15, -0.1) is 0 Å². The van der Waals surface area contributed by atoms with Crippen LogP contribution in [0, 0.1) is 20.8 Å². The number of aryl methyl sites for hydroxylation is 3. The highest BCUT2D eigenvalue weighted by Gasteiger charge is 2.23. The predicted octanol–water partition coefficient (Wildman–Crippen LogP) is 6.12. The van der Waals surface area contributed by atoms with Gasteiger partial charge in [0, 0.05) is 24.2 Å². The van der Waals surface area contributed by atoms with Gasteiger partial charge in [0.2, 0.25) is 5.95 Å². The standard InChI is InChI=1S/C25H29BrN4O3S2/c1-16-12-17(2)23(18(3)13-16)35(31,32)29-21-9-8-19(33-4)14-22(21)34-24-20(26)15-27-25(28-24)30-10-6-5-7-11-30/h8-9,12-15,29H,5-7,10-11H2,1-4H3. The third kappa shape index (κ3) is 5.92. The Balaban J connectivity index is 1.70. The van der Waals surface area contributed by atoms with E-state index in [1.807, 2.05) is 39.0 Å². The molecule has 0 saturated carbocycles.